The number of benzene rings is 1. The van der Waals surface area contributed by atoms with Crippen molar-refractivity contribution in [1.29, 1.82) is 0 Å². The van der Waals surface area contributed by atoms with E-state index in [1.807, 2.05) is 0 Å². The number of pyridine rings is 1. The lowest BCUT2D eigenvalue weighted by Crippen LogP contribution is -2.29. The van der Waals surface area contributed by atoms with Crippen LogP contribution < -0.4 is 5.32 Å². The van der Waals surface area contributed by atoms with Crippen molar-refractivity contribution in [2.24, 2.45) is 0 Å². The summed E-state index contributed by atoms with van der Waals surface area (Å²) < 4.78 is 38.3. The smallest absolute Gasteiger partial charge is 0.389 e. The number of halogens is 4. The van der Waals surface area contributed by atoms with E-state index in [2.05, 4.69) is 10.3 Å². The number of hydrogen-bond acceptors (Lipinski definition) is 3. The first-order valence-corrected chi connectivity index (χ1v) is 7.24. The number of nitrogens with zero attached hydrogens (tertiary/aromatic N) is 1. The number of aliphatic hydroxyl groups is 1. The Bertz CT molecular complexity index is 696. The second-order valence-electron chi connectivity index (χ2n) is 5.80. The minimum absolute atomic E-state index is 0.175. The summed E-state index contributed by atoms with van der Waals surface area (Å²) in [6.45, 7) is 3.54. The Morgan fingerprint density at radius 2 is 1.87 bits per heavy atom. The maximum atomic E-state index is 12.8. The van der Waals surface area contributed by atoms with Crippen LogP contribution in [-0.4, -0.2) is 22.2 Å². The SMILES string of the molecule is CC(C)(O)CNc1cc(Cl)cc(-c2cccc(C(F)(F)F)n2)c1. The summed E-state index contributed by atoms with van der Waals surface area (Å²) in [5.41, 5.74) is -0.665. The Balaban J connectivity index is 2.35. The first-order chi connectivity index (χ1) is 10.5. The Labute approximate surface area is 137 Å². The first kappa shape index (κ1) is 17.6. The topological polar surface area (TPSA) is 45.1 Å². The number of hydrogen-bond donors (Lipinski definition) is 2. The molecule has 0 saturated heterocycles. The molecule has 0 atom stereocenters. The molecule has 0 saturated carbocycles. The molecule has 0 amide bonds. The van der Waals surface area contributed by atoms with Crippen molar-refractivity contribution >= 4 is 17.3 Å². The van der Waals surface area contributed by atoms with Crippen molar-refractivity contribution in [2.75, 3.05) is 11.9 Å². The zero-order valence-electron chi connectivity index (χ0n) is 12.6. The molecule has 1 aromatic carbocycles. The molecule has 124 valence electrons. The Kier molecular flexibility index (Phi) is 4.87. The average Bonchev–Trinajstić information content (AvgIpc) is 2.43. The fourth-order valence-electron chi connectivity index (χ4n) is 1.91. The number of nitrogens with one attached hydrogen (secondary N) is 1. The highest BCUT2D eigenvalue weighted by molar-refractivity contribution is 6.31. The maximum Gasteiger partial charge on any atom is 0.433 e. The van der Waals surface area contributed by atoms with Gasteiger partial charge in [0.2, 0.25) is 0 Å². The Morgan fingerprint density at radius 3 is 2.48 bits per heavy atom. The van der Waals surface area contributed by atoms with Crippen LogP contribution in [0.5, 0.6) is 0 Å². The van der Waals surface area contributed by atoms with Gasteiger partial charge in [-0.2, -0.15) is 13.2 Å². The van der Waals surface area contributed by atoms with Crippen LogP contribution in [0.1, 0.15) is 19.5 Å². The quantitative estimate of drug-likeness (QED) is 0.851. The molecular weight excluding hydrogens is 329 g/mol. The van der Waals surface area contributed by atoms with Gasteiger partial charge < -0.3 is 10.4 Å². The summed E-state index contributed by atoms with van der Waals surface area (Å²) in [7, 11) is 0. The van der Waals surface area contributed by atoms with Crippen molar-refractivity contribution in [1.82, 2.24) is 4.98 Å². The molecule has 2 rings (SSSR count). The zero-order chi connectivity index (χ0) is 17.3. The van der Waals surface area contributed by atoms with Gasteiger partial charge in [0.05, 0.1) is 11.3 Å². The fourth-order valence-corrected chi connectivity index (χ4v) is 2.15. The van der Waals surface area contributed by atoms with Gasteiger partial charge in [-0.3, -0.25) is 0 Å². The molecular formula is C16H16ClF3N2O. The Morgan fingerprint density at radius 1 is 1.17 bits per heavy atom. The number of anilines is 1. The second kappa shape index (κ2) is 6.37. The summed E-state index contributed by atoms with van der Waals surface area (Å²) in [5, 5.41) is 13.1. The van der Waals surface area contributed by atoms with Gasteiger partial charge in [0.15, 0.2) is 0 Å². The minimum Gasteiger partial charge on any atom is -0.389 e. The van der Waals surface area contributed by atoms with Crippen molar-refractivity contribution in [3.8, 4) is 11.3 Å². The average molecular weight is 345 g/mol. The van der Waals surface area contributed by atoms with E-state index in [1.54, 1.807) is 32.0 Å². The van der Waals surface area contributed by atoms with Crippen LogP contribution in [0.2, 0.25) is 5.02 Å². The van der Waals surface area contributed by atoms with E-state index in [0.717, 1.165) is 6.07 Å². The predicted molar refractivity (Wildman–Crippen MR) is 84.5 cm³/mol. The minimum atomic E-state index is -4.50. The van der Waals surface area contributed by atoms with Gasteiger partial charge in [0, 0.05) is 22.8 Å². The van der Waals surface area contributed by atoms with Crippen molar-refractivity contribution in [2.45, 2.75) is 25.6 Å². The molecule has 0 radical (unpaired) electrons. The van der Waals surface area contributed by atoms with E-state index in [1.165, 1.54) is 12.1 Å². The van der Waals surface area contributed by atoms with Gasteiger partial charge in [0.1, 0.15) is 5.69 Å². The fraction of sp³-hybridized carbons (Fsp3) is 0.312. The molecule has 0 aliphatic heterocycles. The molecule has 0 bridgehead atoms. The van der Waals surface area contributed by atoms with E-state index in [9.17, 15) is 18.3 Å². The molecule has 0 spiro atoms. The van der Waals surface area contributed by atoms with Crippen LogP contribution in [0.4, 0.5) is 18.9 Å². The van der Waals surface area contributed by atoms with Crippen LogP contribution >= 0.6 is 11.6 Å². The summed E-state index contributed by atoms with van der Waals surface area (Å²) in [5.74, 6) is 0. The zero-order valence-corrected chi connectivity index (χ0v) is 13.3. The van der Waals surface area contributed by atoms with Crippen molar-refractivity contribution < 1.29 is 18.3 Å². The molecule has 2 N–H and O–H groups in total. The molecule has 1 heterocycles. The highest BCUT2D eigenvalue weighted by atomic mass is 35.5. The second-order valence-corrected chi connectivity index (χ2v) is 6.24. The number of rotatable bonds is 4. The lowest BCUT2D eigenvalue weighted by molar-refractivity contribution is -0.141. The van der Waals surface area contributed by atoms with Gasteiger partial charge in [-0.1, -0.05) is 17.7 Å². The largest absolute Gasteiger partial charge is 0.433 e. The van der Waals surface area contributed by atoms with E-state index in [0.29, 0.717) is 16.3 Å². The molecule has 23 heavy (non-hydrogen) atoms. The van der Waals surface area contributed by atoms with Crippen LogP contribution in [0, 0.1) is 0 Å². The van der Waals surface area contributed by atoms with Crippen LogP contribution in [0.25, 0.3) is 11.3 Å². The standard InChI is InChI=1S/C16H16ClF3N2O/c1-15(2,23)9-21-12-7-10(6-11(17)8-12)13-4-3-5-14(22-13)16(18,19)20/h3-8,21,23H,9H2,1-2H3. The summed E-state index contributed by atoms with van der Waals surface area (Å²) in [6.07, 6.45) is -4.50. The normalized spacial score (nSPS) is 12.3. The molecule has 7 heteroatoms. The molecule has 1 aromatic heterocycles. The summed E-state index contributed by atoms with van der Waals surface area (Å²) in [4.78, 5) is 3.64. The highest BCUT2D eigenvalue weighted by Gasteiger charge is 2.32. The van der Waals surface area contributed by atoms with Crippen LogP contribution in [-0.2, 0) is 6.18 Å². The third-order valence-corrected chi connectivity index (χ3v) is 3.18. The van der Waals surface area contributed by atoms with E-state index < -0.39 is 17.5 Å². The van der Waals surface area contributed by atoms with E-state index in [-0.39, 0.29) is 12.2 Å². The van der Waals surface area contributed by atoms with Crippen LogP contribution in [0.3, 0.4) is 0 Å². The lowest BCUT2D eigenvalue weighted by Gasteiger charge is -2.19. The highest BCUT2D eigenvalue weighted by Crippen LogP contribution is 2.31. The predicted octanol–water partition coefficient (Wildman–Crippen LogP) is 4.60. The monoisotopic (exact) mass is 344 g/mol. The lowest BCUT2D eigenvalue weighted by atomic mass is 10.1. The van der Waals surface area contributed by atoms with Gasteiger partial charge >= 0.3 is 6.18 Å². The van der Waals surface area contributed by atoms with E-state index >= 15 is 0 Å². The molecule has 0 aliphatic carbocycles. The maximum absolute atomic E-state index is 12.8. The summed E-state index contributed by atoms with van der Waals surface area (Å²) >= 11 is 6.03. The van der Waals surface area contributed by atoms with Gasteiger partial charge in [-0.15, -0.1) is 0 Å². The van der Waals surface area contributed by atoms with Crippen LogP contribution in [0.15, 0.2) is 36.4 Å². The molecule has 3 nitrogen and oxygen atoms in total. The molecule has 0 fully saturated rings. The van der Waals surface area contributed by atoms with Gasteiger partial charge in [0.25, 0.3) is 0 Å². The third kappa shape index (κ3) is 5.11. The first-order valence-electron chi connectivity index (χ1n) is 6.86. The number of alkyl halides is 3. The van der Waals surface area contributed by atoms with Crippen molar-refractivity contribution in [3.63, 3.8) is 0 Å². The van der Waals surface area contributed by atoms with Gasteiger partial charge in [-0.25, -0.2) is 4.98 Å². The Hall–Kier alpha value is -1.79. The molecule has 2 aromatic rings. The van der Waals surface area contributed by atoms with Crippen molar-refractivity contribution in [3.05, 3.63) is 47.1 Å². The van der Waals surface area contributed by atoms with Gasteiger partial charge in [-0.05, 0) is 44.2 Å². The third-order valence-electron chi connectivity index (χ3n) is 2.96. The van der Waals surface area contributed by atoms with E-state index in [4.69, 9.17) is 11.6 Å². The summed E-state index contributed by atoms with van der Waals surface area (Å²) in [6, 6.07) is 8.52. The molecule has 0 aliphatic rings. The number of aromatic nitrogens is 1. The molecule has 0 unspecified atom stereocenters.